The van der Waals surface area contributed by atoms with Crippen molar-refractivity contribution in [1.29, 1.82) is 0 Å². The molecule has 1 aliphatic heterocycles. The summed E-state index contributed by atoms with van der Waals surface area (Å²) in [5.74, 6) is -0.272. The molecule has 0 amide bonds. The number of hydrogen-bond acceptors (Lipinski definition) is 7. The molecule has 0 bridgehead atoms. The number of hydrogen-bond donors (Lipinski definition) is 0. The second-order valence-corrected chi connectivity index (χ2v) is 10.1. The van der Waals surface area contributed by atoms with Crippen LogP contribution in [0.3, 0.4) is 0 Å². The molecular weight excluding hydrogens is 472 g/mol. The molecule has 0 aliphatic carbocycles. The monoisotopic (exact) mass is 504 g/mol. The van der Waals surface area contributed by atoms with Gasteiger partial charge in [0.05, 0.1) is 35.8 Å². The van der Waals surface area contributed by atoms with Gasteiger partial charge in [-0.3, -0.25) is 9.78 Å². The molecule has 1 aromatic carbocycles. The molecule has 2 atom stereocenters. The van der Waals surface area contributed by atoms with E-state index in [-0.39, 0.29) is 30.1 Å². The Morgan fingerprint density at radius 2 is 2.06 bits per heavy atom. The molecule has 190 valence electrons. The number of rotatable bonds is 9. The minimum Gasteiger partial charge on any atom is -0.569 e. The summed E-state index contributed by atoms with van der Waals surface area (Å²) >= 11 is 6.01. The molecule has 2 heterocycles. The van der Waals surface area contributed by atoms with Crippen molar-refractivity contribution in [3.05, 3.63) is 63.1 Å². The Labute approximate surface area is 211 Å². The van der Waals surface area contributed by atoms with Crippen LogP contribution in [-0.4, -0.2) is 40.1 Å². The number of nitrogens with zero attached hydrogens (tertiary/aromatic N) is 4. The lowest BCUT2D eigenvalue weighted by molar-refractivity contribution is -0.719. The van der Waals surface area contributed by atoms with Gasteiger partial charge >= 0.3 is 5.97 Å². The van der Waals surface area contributed by atoms with Crippen molar-refractivity contribution in [3.8, 4) is 5.75 Å². The van der Waals surface area contributed by atoms with E-state index in [1.54, 1.807) is 20.2 Å². The minimum atomic E-state index is -0.378. The van der Waals surface area contributed by atoms with Gasteiger partial charge in [-0.25, -0.2) is 0 Å². The Morgan fingerprint density at radius 1 is 1.37 bits per heavy atom. The molecule has 3 rings (SSSR count). The first kappa shape index (κ1) is 26.7. The molecule has 1 aliphatic rings. The zero-order chi connectivity index (χ0) is 25.8. The van der Waals surface area contributed by atoms with Crippen molar-refractivity contribution in [2.24, 2.45) is 11.2 Å². The lowest BCUT2D eigenvalue weighted by atomic mass is 10.00. The second kappa shape index (κ2) is 11.2. The van der Waals surface area contributed by atoms with Crippen LogP contribution in [0, 0.1) is 18.0 Å². The first-order valence-corrected chi connectivity index (χ1v) is 12.0. The first-order chi connectivity index (χ1) is 16.5. The number of aromatic nitrogens is 1. The van der Waals surface area contributed by atoms with Gasteiger partial charge < -0.3 is 19.5 Å². The predicted molar refractivity (Wildman–Crippen MR) is 131 cm³/mol. The Balaban J connectivity index is 1.57. The van der Waals surface area contributed by atoms with E-state index >= 15 is 0 Å². The standard InChI is InChI=1S/C25H33ClN4O5/c1-16(8-7-13-34-28-30(32)29(6)25(3,4)5)24(31)35-22-17(2)27-14-20-21(22)15-33-23(20)18-9-11-19(26)12-10-18/h9-12,14,16,23H,7-8,13,15H2,1-6H3/b30-28-/t16?,23-/m0/s1. The Morgan fingerprint density at radius 3 is 2.71 bits per heavy atom. The molecule has 35 heavy (non-hydrogen) atoms. The van der Waals surface area contributed by atoms with E-state index in [1.807, 2.05) is 52.0 Å². The van der Waals surface area contributed by atoms with Gasteiger partial charge in [-0.05, 0) is 58.2 Å². The number of halogens is 1. The van der Waals surface area contributed by atoms with Crippen LogP contribution < -0.4 is 4.74 Å². The van der Waals surface area contributed by atoms with E-state index in [0.717, 1.165) is 16.7 Å². The fraction of sp³-hybridized carbons (Fsp3) is 0.520. The van der Waals surface area contributed by atoms with E-state index in [2.05, 4.69) is 10.3 Å². The first-order valence-electron chi connectivity index (χ1n) is 11.6. The van der Waals surface area contributed by atoms with Gasteiger partial charge in [0.1, 0.15) is 12.7 Å². The number of aryl methyl sites for hydroxylation is 1. The average Bonchev–Trinajstić information content (AvgIpc) is 3.24. The Kier molecular flexibility index (Phi) is 8.56. The zero-order valence-electron chi connectivity index (χ0n) is 21.1. The Bertz CT molecular complexity index is 1070. The van der Waals surface area contributed by atoms with E-state index in [0.29, 0.717) is 40.9 Å². The highest BCUT2D eigenvalue weighted by Crippen LogP contribution is 2.41. The van der Waals surface area contributed by atoms with Gasteiger partial charge in [-0.1, -0.05) is 30.7 Å². The highest BCUT2D eigenvalue weighted by atomic mass is 35.5. The minimum absolute atomic E-state index is 0.215. The largest absolute Gasteiger partial charge is 0.569 e. The van der Waals surface area contributed by atoms with E-state index in [9.17, 15) is 10.0 Å². The smallest absolute Gasteiger partial charge is 0.314 e. The summed E-state index contributed by atoms with van der Waals surface area (Å²) in [6.07, 6.45) is 2.55. The van der Waals surface area contributed by atoms with Gasteiger partial charge in [0.25, 0.3) is 0 Å². The molecule has 9 nitrogen and oxygen atoms in total. The number of carbonyl (C=O) groups is 1. The zero-order valence-corrected chi connectivity index (χ0v) is 21.8. The third-order valence-corrected chi connectivity index (χ3v) is 6.28. The van der Waals surface area contributed by atoms with Crippen LogP contribution in [0.4, 0.5) is 0 Å². The molecule has 0 N–H and O–H groups in total. The fourth-order valence-electron chi connectivity index (χ4n) is 3.51. The van der Waals surface area contributed by atoms with Gasteiger partial charge in [-0.15, -0.1) is 5.01 Å². The van der Waals surface area contributed by atoms with Crippen LogP contribution in [0.1, 0.15) is 69.0 Å². The lowest BCUT2D eigenvalue weighted by Gasteiger charge is -2.26. The summed E-state index contributed by atoms with van der Waals surface area (Å²) in [7, 11) is 1.64. The summed E-state index contributed by atoms with van der Waals surface area (Å²) in [5.41, 5.74) is 2.92. The number of esters is 1. The van der Waals surface area contributed by atoms with Crippen molar-refractivity contribution in [2.45, 2.75) is 65.7 Å². The maximum atomic E-state index is 12.8. The van der Waals surface area contributed by atoms with Crippen molar-refractivity contribution < 1.29 is 24.1 Å². The van der Waals surface area contributed by atoms with Gasteiger partial charge in [0, 0.05) is 22.3 Å². The fourth-order valence-corrected chi connectivity index (χ4v) is 3.63. The van der Waals surface area contributed by atoms with Crippen molar-refractivity contribution in [1.82, 2.24) is 9.99 Å². The van der Waals surface area contributed by atoms with Crippen LogP contribution in [0.5, 0.6) is 5.75 Å². The predicted octanol–water partition coefficient (Wildman–Crippen LogP) is 5.52. The second-order valence-electron chi connectivity index (χ2n) is 9.68. The van der Waals surface area contributed by atoms with Crippen LogP contribution in [0.25, 0.3) is 0 Å². The molecule has 2 aromatic rings. The van der Waals surface area contributed by atoms with E-state index < -0.39 is 0 Å². The maximum absolute atomic E-state index is 12.8. The molecule has 0 saturated heterocycles. The summed E-state index contributed by atoms with van der Waals surface area (Å²) in [6.45, 7) is 9.82. The third kappa shape index (κ3) is 6.61. The molecule has 0 saturated carbocycles. The Hall–Kier alpha value is -2.91. The molecule has 10 heteroatoms. The van der Waals surface area contributed by atoms with Crippen molar-refractivity contribution >= 4 is 17.6 Å². The number of carbonyl (C=O) groups excluding carboxylic acids is 1. The summed E-state index contributed by atoms with van der Waals surface area (Å²) in [4.78, 5) is 22.8. The number of ether oxygens (including phenoxy) is 2. The number of hydrazine groups is 1. The van der Waals surface area contributed by atoms with Gasteiger partial charge in [-0.2, -0.15) is 0 Å². The van der Waals surface area contributed by atoms with Gasteiger partial charge in [0.15, 0.2) is 5.75 Å². The van der Waals surface area contributed by atoms with Crippen LogP contribution in [0.2, 0.25) is 5.02 Å². The maximum Gasteiger partial charge on any atom is 0.314 e. The quantitative estimate of drug-likeness (QED) is 0.146. The average molecular weight is 505 g/mol. The summed E-state index contributed by atoms with van der Waals surface area (Å²) in [6, 6.07) is 7.46. The topological polar surface area (TPSA) is 99.3 Å². The van der Waals surface area contributed by atoms with Crippen LogP contribution >= 0.6 is 11.6 Å². The number of pyridine rings is 1. The van der Waals surface area contributed by atoms with Crippen molar-refractivity contribution in [3.63, 3.8) is 0 Å². The van der Waals surface area contributed by atoms with Crippen LogP contribution in [0.15, 0.2) is 35.7 Å². The van der Waals surface area contributed by atoms with E-state index in [1.165, 1.54) is 5.01 Å². The SMILES string of the molecule is Cc1ncc2c(c1OC(=O)C(C)CCCO/N=[N+](\[O-])N(C)C(C)(C)C)CO[C@H]2c1ccc(Cl)cc1. The highest BCUT2D eigenvalue weighted by Gasteiger charge is 2.31. The molecule has 0 radical (unpaired) electrons. The normalized spacial score (nSPS) is 16.5. The summed E-state index contributed by atoms with van der Waals surface area (Å²) in [5, 5.41) is 17.5. The third-order valence-electron chi connectivity index (χ3n) is 6.03. The molecule has 1 aromatic heterocycles. The van der Waals surface area contributed by atoms with E-state index in [4.69, 9.17) is 25.9 Å². The molecular formula is C25H33ClN4O5. The molecule has 1 unspecified atom stereocenters. The molecule has 0 spiro atoms. The number of benzene rings is 1. The summed E-state index contributed by atoms with van der Waals surface area (Å²) < 4.78 is 11.8. The highest BCUT2D eigenvalue weighted by molar-refractivity contribution is 6.30. The van der Waals surface area contributed by atoms with Crippen molar-refractivity contribution in [2.75, 3.05) is 13.7 Å². The van der Waals surface area contributed by atoms with Crippen LogP contribution in [-0.2, 0) is 21.0 Å². The lowest BCUT2D eigenvalue weighted by Crippen LogP contribution is -2.42. The molecule has 0 fully saturated rings. The van der Waals surface area contributed by atoms with Gasteiger partial charge in [0.2, 0.25) is 5.28 Å². The number of fused-ring (bicyclic) bond motifs is 1.